The fourth-order valence-corrected chi connectivity index (χ4v) is 4.48. The molecule has 3 aromatic rings. The predicted molar refractivity (Wildman–Crippen MR) is 115 cm³/mol. The van der Waals surface area contributed by atoms with Gasteiger partial charge >= 0.3 is 0 Å². The molecule has 0 unspecified atom stereocenters. The first-order chi connectivity index (χ1) is 13.3. The molecule has 1 amide bonds. The zero-order valence-corrected chi connectivity index (χ0v) is 17.2. The molecule has 0 saturated carbocycles. The molecule has 0 radical (unpaired) electrons. The summed E-state index contributed by atoms with van der Waals surface area (Å²) in [5.41, 5.74) is 1.01. The predicted octanol–water partition coefficient (Wildman–Crippen LogP) is 4.68. The third-order valence-corrected chi connectivity index (χ3v) is 5.86. The van der Waals surface area contributed by atoms with Gasteiger partial charge in [0.15, 0.2) is 0 Å². The molecule has 0 aromatic heterocycles. The molecule has 0 fully saturated rings. The van der Waals surface area contributed by atoms with E-state index in [0.717, 1.165) is 21.3 Å². The van der Waals surface area contributed by atoms with Crippen LogP contribution < -0.4 is 9.62 Å². The summed E-state index contributed by atoms with van der Waals surface area (Å²) in [4.78, 5) is 13.0. The van der Waals surface area contributed by atoms with E-state index in [1.165, 1.54) is 0 Å². The van der Waals surface area contributed by atoms with Crippen molar-refractivity contribution >= 4 is 49.7 Å². The maximum absolute atomic E-state index is 13.0. The van der Waals surface area contributed by atoms with Crippen molar-refractivity contribution in [3.8, 4) is 0 Å². The van der Waals surface area contributed by atoms with Crippen molar-refractivity contribution in [3.05, 3.63) is 71.8 Å². The number of amides is 1. The van der Waals surface area contributed by atoms with Crippen LogP contribution in [0.15, 0.2) is 66.7 Å². The maximum atomic E-state index is 13.0. The van der Waals surface area contributed by atoms with Crippen LogP contribution in [0.2, 0.25) is 5.02 Å². The normalized spacial score (nSPS) is 12.5. The summed E-state index contributed by atoms with van der Waals surface area (Å²) in [5, 5.41) is 5.39. The second-order valence-electron chi connectivity index (χ2n) is 6.51. The molecule has 3 rings (SSSR count). The number of hydrogen-bond acceptors (Lipinski definition) is 3. The van der Waals surface area contributed by atoms with Gasteiger partial charge < -0.3 is 5.32 Å². The Morgan fingerprint density at radius 1 is 1.04 bits per heavy atom. The molecule has 0 spiro atoms. The second-order valence-corrected chi connectivity index (χ2v) is 8.81. The summed E-state index contributed by atoms with van der Waals surface area (Å²) in [6, 6.07) is 18.9. The van der Waals surface area contributed by atoms with Crippen LogP contribution in [-0.4, -0.2) is 26.6 Å². The van der Waals surface area contributed by atoms with Gasteiger partial charge in [0.25, 0.3) is 0 Å². The monoisotopic (exact) mass is 416 g/mol. The largest absolute Gasteiger partial charge is 0.324 e. The minimum atomic E-state index is -3.68. The van der Waals surface area contributed by atoms with Crippen LogP contribution in [0.5, 0.6) is 0 Å². The molecule has 0 saturated heterocycles. The van der Waals surface area contributed by atoms with Crippen LogP contribution in [0.3, 0.4) is 0 Å². The van der Waals surface area contributed by atoms with E-state index in [1.807, 2.05) is 36.4 Å². The Morgan fingerprint density at radius 3 is 2.29 bits per heavy atom. The first kappa shape index (κ1) is 20.2. The molecule has 1 N–H and O–H groups in total. The van der Waals surface area contributed by atoms with Crippen LogP contribution in [-0.2, 0) is 14.8 Å². The van der Waals surface area contributed by atoms with E-state index in [-0.39, 0.29) is 0 Å². The molecule has 5 nitrogen and oxygen atoms in total. The Bertz CT molecular complexity index is 1100. The van der Waals surface area contributed by atoms with E-state index < -0.39 is 22.0 Å². The fourth-order valence-electron chi connectivity index (χ4n) is 3.14. The number of nitrogens with one attached hydrogen (secondary N) is 1. The molecule has 0 aliphatic carbocycles. The fraction of sp³-hybridized carbons (Fsp3) is 0.190. The van der Waals surface area contributed by atoms with Crippen LogP contribution in [0.4, 0.5) is 11.4 Å². The van der Waals surface area contributed by atoms with E-state index >= 15 is 0 Å². The molecule has 0 bridgehead atoms. The molecule has 0 aliphatic rings. The minimum Gasteiger partial charge on any atom is -0.324 e. The lowest BCUT2D eigenvalue weighted by molar-refractivity contribution is -0.117. The average molecular weight is 417 g/mol. The molecular weight excluding hydrogens is 396 g/mol. The smallest absolute Gasteiger partial charge is 0.248 e. The molecule has 0 heterocycles. The molecule has 28 heavy (non-hydrogen) atoms. The van der Waals surface area contributed by atoms with Crippen molar-refractivity contribution < 1.29 is 13.2 Å². The molecular formula is C21H21ClN2O3S. The third kappa shape index (κ3) is 4.46. The Morgan fingerprint density at radius 2 is 1.68 bits per heavy atom. The van der Waals surface area contributed by atoms with Gasteiger partial charge in [0, 0.05) is 10.7 Å². The van der Waals surface area contributed by atoms with Crippen LogP contribution in [0.25, 0.3) is 10.8 Å². The van der Waals surface area contributed by atoms with E-state index in [4.69, 9.17) is 11.6 Å². The van der Waals surface area contributed by atoms with Crippen molar-refractivity contribution in [1.82, 2.24) is 0 Å². The van der Waals surface area contributed by atoms with Gasteiger partial charge in [-0.25, -0.2) is 8.42 Å². The van der Waals surface area contributed by atoms with E-state index in [2.05, 4.69) is 5.32 Å². The quantitative estimate of drug-likeness (QED) is 0.634. The van der Waals surface area contributed by atoms with Gasteiger partial charge in [-0.1, -0.05) is 48.9 Å². The minimum absolute atomic E-state index is 0.315. The summed E-state index contributed by atoms with van der Waals surface area (Å²) in [5.74, 6) is -0.391. The highest BCUT2D eigenvalue weighted by Gasteiger charge is 2.31. The second kappa shape index (κ2) is 8.20. The zero-order chi connectivity index (χ0) is 20.3. The van der Waals surface area contributed by atoms with Gasteiger partial charge in [0.05, 0.1) is 11.9 Å². The highest BCUT2D eigenvalue weighted by atomic mass is 35.5. The molecule has 0 aliphatic heterocycles. The standard InChI is InChI=1S/C21H21ClN2O3S/c1-3-20(24(28(2,26)27)19-12-9-17(22)10-13-19)21(25)23-18-11-8-15-6-4-5-7-16(15)14-18/h4-14,20H,3H2,1-2H3,(H,23,25)/t20-/m0/s1. The van der Waals surface area contributed by atoms with Crippen molar-refractivity contribution in [2.75, 3.05) is 15.9 Å². The number of halogens is 1. The van der Waals surface area contributed by atoms with Crippen molar-refractivity contribution in [3.63, 3.8) is 0 Å². The van der Waals surface area contributed by atoms with Crippen molar-refractivity contribution in [2.24, 2.45) is 0 Å². The molecule has 146 valence electrons. The Balaban J connectivity index is 1.92. The van der Waals surface area contributed by atoms with E-state index in [9.17, 15) is 13.2 Å². The van der Waals surface area contributed by atoms with Crippen LogP contribution in [0.1, 0.15) is 13.3 Å². The van der Waals surface area contributed by atoms with E-state index in [0.29, 0.717) is 22.8 Å². The van der Waals surface area contributed by atoms with Gasteiger partial charge in [-0.3, -0.25) is 9.10 Å². The summed E-state index contributed by atoms with van der Waals surface area (Å²) in [6.45, 7) is 1.78. The number of nitrogens with zero attached hydrogens (tertiary/aromatic N) is 1. The number of rotatable bonds is 6. The molecule has 7 heteroatoms. The highest BCUT2D eigenvalue weighted by Crippen LogP contribution is 2.25. The van der Waals surface area contributed by atoms with Gasteiger partial charge in [0.2, 0.25) is 15.9 Å². The third-order valence-electron chi connectivity index (χ3n) is 4.43. The average Bonchev–Trinajstić information content (AvgIpc) is 2.66. The lowest BCUT2D eigenvalue weighted by Gasteiger charge is -2.30. The molecule has 1 atom stereocenters. The van der Waals surface area contributed by atoms with Crippen molar-refractivity contribution in [2.45, 2.75) is 19.4 Å². The highest BCUT2D eigenvalue weighted by molar-refractivity contribution is 7.92. The topological polar surface area (TPSA) is 66.5 Å². The molecule has 3 aromatic carbocycles. The maximum Gasteiger partial charge on any atom is 0.248 e. The number of sulfonamides is 1. The first-order valence-electron chi connectivity index (χ1n) is 8.84. The number of anilines is 2. The summed E-state index contributed by atoms with van der Waals surface area (Å²) in [6.07, 6.45) is 1.41. The van der Waals surface area contributed by atoms with Gasteiger partial charge in [0.1, 0.15) is 6.04 Å². The number of carbonyl (C=O) groups is 1. The van der Waals surface area contributed by atoms with Gasteiger partial charge in [-0.15, -0.1) is 0 Å². The summed E-state index contributed by atoms with van der Waals surface area (Å²) in [7, 11) is -3.68. The lowest BCUT2D eigenvalue weighted by atomic mass is 10.1. The number of benzene rings is 3. The summed E-state index contributed by atoms with van der Waals surface area (Å²) >= 11 is 5.91. The number of fused-ring (bicyclic) bond motifs is 1. The number of carbonyl (C=O) groups excluding carboxylic acids is 1. The first-order valence-corrected chi connectivity index (χ1v) is 11.1. The Hall–Kier alpha value is -2.57. The van der Waals surface area contributed by atoms with Crippen LogP contribution in [0, 0.1) is 0 Å². The zero-order valence-electron chi connectivity index (χ0n) is 15.6. The Kier molecular flexibility index (Phi) is 5.91. The van der Waals surface area contributed by atoms with E-state index in [1.54, 1.807) is 37.3 Å². The lowest BCUT2D eigenvalue weighted by Crippen LogP contribution is -2.46. The number of hydrogen-bond donors (Lipinski definition) is 1. The van der Waals surface area contributed by atoms with Crippen molar-refractivity contribution in [1.29, 1.82) is 0 Å². The van der Waals surface area contributed by atoms with Gasteiger partial charge in [-0.05, 0) is 53.6 Å². The Labute approximate surface area is 170 Å². The van der Waals surface area contributed by atoms with Gasteiger partial charge in [-0.2, -0.15) is 0 Å². The summed E-state index contributed by atoms with van der Waals surface area (Å²) < 4.78 is 26.1. The van der Waals surface area contributed by atoms with Crippen LogP contribution >= 0.6 is 11.6 Å². The SMILES string of the molecule is CC[C@@H](C(=O)Nc1ccc2ccccc2c1)N(c1ccc(Cl)cc1)S(C)(=O)=O.